The Morgan fingerprint density at radius 2 is 2.00 bits per heavy atom. The fourth-order valence-corrected chi connectivity index (χ4v) is 2.91. The van der Waals surface area contributed by atoms with Crippen LogP contribution in [0.1, 0.15) is 33.1 Å². The molecule has 7 nitrogen and oxygen atoms in total. The van der Waals surface area contributed by atoms with Crippen molar-refractivity contribution in [2.75, 3.05) is 20.1 Å². The van der Waals surface area contributed by atoms with Crippen molar-refractivity contribution in [3.63, 3.8) is 0 Å². The molecular formula is C14H21N3O4. The van der Waals surface area contributed by atoms with Crippen molar-refractivity contribution in [1.29, 1.82) is 0 Å². The van der Waals surface area contributed by atoms with E-state index in [2.05, 4.69) is 5.10 Å². The lowest BCUT2D eigenvalue weighted by atomic mass is 9.76. The van der Waals surface area contributed by atoms with Gasteiger partial charge in [0.25, 0.3) is 5.91 Å². The summed E-state index contributed by atoms with van der Waals surface area (Å²) >= 11 is 0. The van der Waals surface area contributed by atoms with Crippen molar-refractivity contribution in [3.05, 3.63) is 0 Å². The lowest BCUT2D eigenvalue weighted by Crippen LogP contribution is -2.43. The maximum Gasteiger partial charge on any atom is 0.311 e. The van der Waals surface area contributed by atoms with Crippen LogP contribution in [0.25, 0.3) is 0 Å². The highest BCUT2D eigenvalue weighted by Gasteiger charge is 2.49. The molecule has 1 N–H and O–H groups in total. The van der Waals surface area contributed by atoms with Gasteiger partial charge in [-0.3, -0.25) is 14.4 Å². The second-order valence-corrected chi connectivity index (χ2v) is 6.06. The fourth-order valence-electron chi connectivity index (χ4n) is 2.91. The maximum atomic E-state index is 12.4. The Labute approximate surface area is 123 Å². The Bertz CT molecular complexity index is 514. The molecule has 2 amide bonds. The zero-order valence-electron chi connectivity index (χ0n) is 12.6. The Hall–Kier alpha value is -1.92. The van der Waals surface area contributed by atoms with E-state index in [-0.39, 0.29) is 30.7 Å². The van der Waals surface area contributed by atoms with Gasteiger partial charge < -0.3 is 10.0 Å². The van der Waals surface area contributed by atoms with Gasteiger partial charge in [0, 0.05) is 33.0 Å². The first-order valence-electron chi connectivity index (χ1n) is 7.14. The molecule has 21 heavy (non-hydrogen) atoms. The number of carbonyl (C=O) groups is 3. The minimum Gasteiger partial charge on any atom is -0.481 e. The summed E-state index contributed by atoms with van der Waals surface area (Å²) in [4.78, 5) is 37.0. The maximum absolute atomic E-state index is 12.4. The molecule has 7 heteroatoms. The second kappa shape index (κ2) is 5.46. The second-order valence-electron chi connectivity index (χ2n) is 6.06. The highest BCUT2D eigenvalue weighted by atomic mass is 16.4. The van der Waals surface area contributed by atoms with E-state index in [1.165, 1.54) is 12.1 Å². The van der Waals surface area contributed by atoms with Crippen molar-refractivity contribution in [2.45, 2.75) is 33.1 Å². The van der Waals surface area contributed by atoms with Gasteiger partial charge in [-0.1, -0.05) is 13.8 Å². The summed E-state index contributed by atoms with van der Waals surface area (Å²) in [7, 11) is 1.52. The predicted molar refractivity (Wildman–Crippen MR) is 75.5 cm³/mol. The van der Waals surface area contributed by atoms with Gasteiger partial charge >= 0.3 is 5.97 Å². The highest BCUT2D eigenvalue weighted by Crippen LogP contribution is 2.38. The number of aliphatic carboxylic acids is 1. The number of carboxylic acids is 1. The first-order valence-corrected chi connectivity index (χ1v) is 7.14. The van der Waals surface area contributed by atoms with Crippen molar-refractivity contribution in [3.8, 4) is 0 Å². The van der Waals surface area contributed by atoms with Crippen LogP contribution in [0.3, 0.4) is 0 Å². The minimum atomic E-state index is -0.882. The molecule has 0 radical (unpaired) electrons. The van der Waals surface area contributed by atoms with Gasteiger partial charge in [0.05, 0.1) is 5.41 Å². The smallest absolute Gasteiger partial charge is 0.311 e. The van der Waals surface area contributed by atoms with Crippen molar-refractivity contribution in [1.82, 2.24) is 9.91 Å². The quantitative estimate of drug-likeness (QED) is 0.823. The summed E-state index contributed by atoms with van der Waals surface area (Å²) in [5.74, 6) is -1.27. The van der Waals surface area contributed by atoms with E-state index in [0.29, 0.717) is 25.1 Å². The number of amides is 2. The SMILES string of the molecule is CC(C)C1(C(=O)O)CCN(C(=O)C2=NN(C)C(=O)CC2)C1. The molecule has 1 atom stereocenters. The Balaban J connectivity index is 2.14. The molecule has 2 heterocycles. The lowest BCUT2D eigenvalue weighted by molar-refractivity contribution is -0.151. The number of hydrogen-bond acceptors (Lipinski definition) is 4. The summed E-state index contributed by atoms with van der Waals surface area (Å²) < 4.78 is 0. The first-order chi connectivity index (χ1) is 9.78. The number of carbonyl (C=O) groups excluding carboxylic acids is 2. The van der Waals surface area contributed by atoms with Gasteiger partial charge in [-0.05, 0) is 12.3 Å². The monoisotopic (exact) mass is 295 g/mol. The third-order valence-electron chi connectivity index (χ3n) is 4.57. The zero-order chi connectivity index (χ0) is 15.8. The van der Waals surface area contributed by atoms with E-state index in [9.17, 15) is 19.5 Å². The van der Waals surface area contributed by atoms with E-state index >= 15 is 0 Å². The van der Waals surface area contributed by atoms with Crippen LogP contribution in [0.5, 0.6) is 0 Å². The zero-order valence-corrected chi connectivity index (χ0v) is 12.6. The van der Waals surface area contributed by atoms with E-state index in [1.54, 1.807) is 4.90 Å². The third-order valence-corrected chi connectivity index (χ3v) is 4.57. The molecule has 0 aromatic carbocycles. The topological polar surface area (TPSA) is 90.3 Å². The van der Waals surface area contributed by atoms with Crippen molar-refractivity contribution < 1.29 is 19.5 Å². The van der Waals surface area contributed by atoms with E-state index in [0.717, 1.165) is 0 Å². The van der Waals surface area contributed by atoms with Crippen LogP contribution in [0.4, 0.5) is 0 Å². The number of hydrazone groups is 1. The van der Waals surface area contributed by atoms with E-state index in [4.69, 9.17) is 0 Å². The average molecular weight is 295 g/mol. The molecule has 2 rings (SSSR count). The van der Waals surface area contributed by atoms with Gasteiger partial charge in [0.15, 0.2) is 0 Å². The molecule has 0 aliphatic carbocycles. The average Bonchev–Trinajstić information content (AvgIpc) is 2.87. The van der Waals surface area contributed by atoms with Crippen LogP contribution in [0.15, 0.2) is 5.10 Å². The van der Waals surface area contributed by atoms with Gasteiger partial charge in [0.1, 0.15) is 5.71 Å². The van der Waals surface area contributed by atoms with Crippen LogP contribution in [-0.4, -0.2) is 58.6 Å². The highest BCUT2D eigenvalue weighted by molar-refractivity contribution is 6.39. The summed E-state index contributed by atoms with van der Waals surface area (Å²) in [6.45, 7) is 4.36. The van der Waals surface area contributed by atoms with Crippen LogP contribution >= 0.6 is 0 Å². The lowest BCUT2D eigenvalue weighted by Gasteiger charge is -2.29. The van der Waals surface area contributed by atoms with Gasteiger partial charge in [-0.25, -0.2) is 5.01 Å². The molecule has 2 aliphatic heterocycles. The summed E-state index contributed by atoms with van der Waals surface area (Å²) in [6, 6.07) is 0. The normalized spacial score (nSPS) is 26.3. The number of rotatable bonds is 3. The number of nitrogens with zero attached hydrogens (tertiary/aromatic N) is 3. The summed E-state index contributed by atoms with van der Waals surface area (Å²) in [6.07, 6.45) is 1.04. The van der Waals surface area contributed by atoms with E-state index in [1.807, 2.05) is 13.8 Å². The van der Waals surface area contributed by atoms with Crippen LogP contribution in [0.2, 0.25) is 0 Å². The van der Waals surface area contributed by atoms with Gasteiger partial charge in [-0.2, -0.15) is 5.10 Å². The first kappa shape index (κ1) is 15.5. The molecule has 2 aliphatic rings. The Kier molecular flexibility index (Phi) is 4.02. The molecule has 1 saturated heterocycles. The predicted octanol–water partition coefficient (Wildman–Crippen LogP) is 0.554. The van der Waals surface area contributed by atoms with Crippen molar-refractivity contribution >= 4 is 23.5 Å². The molecule has 1 fully saturated rings. The standard InChI is InChI=1S/C14H21N3O4/c1-9(2)14(13(20)21)6-7-17(8-14)12(19)10-4-5-11(18)16(3)15-10/h9H,4-8H2,1-3H3,(H,20,21). The molecule has 116 valence electrons. The third kappa shape index (κ3) is 2.64. The minimum absolute atomic E-state index is 0.0506. The van der Waals surface area contributed by atoms with Crippen LogP contribution in [0, 0.1) is 11.3 Å². The molecule has 0 aromatic heterocycles. The Morgan fingerprint density at radius 3 is 2.48 bits per heavy atom. The van der Waals surface area contributed by atoms with Crippen molar-refractivity contribution in [2.24, 2.45) is 16.4 Å². The molecule has 0 saturated carbocycles. The van der Waals surface area contributed by atoms with Gasteiger partial charge in [-0.15, -0.1) is 0 Å². The van der Waals surface area contributed by atoms with Gasteiger partial charge in [0.2, 0.25) is 5.91 Å². The molecule has 0 bridgehead atoms. The van der Waals surface area contributed by atoms with Crippen LogP contribution in [-0.2, 0) is 14.4 Å². The molecular weight excluding hydrogens is 274 g/mol. The van der Waals surface area contributed by atoms with E-state index < -0.39 is 11.4 Å². The summed E-state index contributed by atoms with van der Waals surface area (Å²) in [5.41, 5.74) is -0.547. The van der Waals surface area contributed by atoms with Crippen LogP contribution < -0.4 is 0 Å². The number of likely N-dealkylation sites (tertiary alicyclic amines) is 1. The number of hydrogen-bond donors (Lipinski definition) is 1. The summed E-state index contributed by atoms with van der Waals surface area (Å²) in [5, 5.41) is 14.7. The number of carboxylic acid groups (broad SMARTS) is 1. The molecule has 1 unspecified atom stereocenters. The molecule has 0 spiro atoms. The largest absolute Gasteiger partial charge is 0.481 e. The fraction of sp³-hybridized carbons (Fsp3) is 0.714. The Morgan fingerprint density at radius 1 is 1.33 bits per heavy atom. The molecule has 0 aromatic rings.